The fraction of sp³-hybridized carbons (Fsp3) is 0.541. The topological polar surface area (TPSA) is 175 Å². The molecule has 4 heterocycles. The number of benzene rings is 2. The van der Waals surface area contributed by atoms with E-state index in [9.17, 15) is 24.0 Å². The van der Waals surface area contributed by atoms with Gasteiger partial charge in [0.25, 0.3) is 5.91 Å². The lowest BCUT2D eigenvalue weighted by atomic mass is 9.82. The van der Waals surface area contributed by atoms with Crippen molar-refractivity contribution in [2.24, 2.45) is 0 Å². The molecule has 284 valence electrons. The average Bonchev–Trinajstić information content (AvgIpc) is 3.69. The summed E-state index contributed by atoms with van der Waals surface area (Å²) in [7, 11) is 1.40. The van der Waals surface area contributed by atoms with E-state index in [2.05, 4.69) is 4.90 Å². The van der Waals surface area contributed by atoms with E-state index in [1.165, 1.54) is 27.0 Å². The number of hydrogen-bond acceptors (Lipinski definition) is 15. The van der Waals surface area contributed by atoms with Gasteiger partial charge in [0.05, 0.1) is 38.4 Å². The van der Waals surface area contributed by atoms with Gasteiger partial charge in [-0.1, -0.05) is 0 Å². The quantitative estimate of drug-likeness (QED) is 0.257. The van der Waals surface area contributed by atoms with Gasteiger partial charge in [0, 0.05) is 58.1 Å². The van der Waals surface area contributed by atoms with Gasteiger partial charge in [0.2, 0.25) is 19.2 Å². The molecule has 16 nitrogen and oxygen atoms in total. The zero-order chi connectivity index (χ0) is 37.6. The Balaban J connectivity index is 1.26. The zero-order valence-corrected chi connectivity index (χ0v) is 30.1. The minimum Gasteiger partial charge on any atom is -0.493 e. The number of morpholine rings is 1. The van der Waals surface area contributed by atoms with E-state index in [1.54, 1.807) is 30.0 Å². The van der Waals surface area contributed by atoms with E-state index < -0.39 is 60.6 Å². The molecule has 0 radical (unpaired) electrons. The van der Waals surface area contributed by atoms with Crippen molar-refractivity contribution in [3.63, 3.8) is 0 Å². The standard InChI is InChI=1S/C37H42N2O14/c1-18-33(50-19(2)40)34(51-20(3)41)35(52-21(4)42)37(49-18)53-29-13-22-25(16-26(29)45-5)36(44)39(8-6-7-38-9-11-46-12-10-38)31-23-14-27-28(48-17-47-27)15-24(23)32(43)30(22)31/h13-16,18,30-31,33-35,37H,6-12,17H2,1-5H3/t18-,30?,31?,33+,34+,35-,37-/m0/s1. The molecule has 53 heavy (non-hydrogen) atoms. The lowest BCUT2D eigenvalue weighted by Gasteiger charge is -2.43. The van der Waals surface area contributed by atoms with E-state index in [0.29, 0.717) is 54.4 Å². The van der Waals surface area contributed by atoms with Crippen LogP contribution in [0, 0.1) is 0 Å². The Bertz CT molecular complexity index is 1810. The van der Waals surface area contributed by atoms with Gasteiger partial charge in [0.1, 0.15) is 0 Å². The first-order chi connectivity index (χ1) is 25.4. The minimum absolute atomic E-state index is 0.0299. The number of hydrogen-bond donors (Lipinski definition) is 0. The molecular formula is C37H42N2O14. The fourth-order valence-electron chi connectivity index (χ4n) is 7.84. The second-order valence-corrected chi connectivity index (χ2v) is 13.5. The van der Waals surface area contributed by atoms with Crippen molar-refractivity contribution in [1.29, 1.82) is 0 Å². The number of ether oxygens (including phenoxy) is 9. The summed E-state index contributed by atoms with van der Waals surface area (Å²) in [4.78, 5) is 69.5. The number of rotatable bonds is 10. The SMILES string of the molecule is COc1cc2c(cc1O[C@@H]1O[C@@H](C)[C@@H](OC(C)=O)[C@@H](OC(C)=O)[C@@H]1OC(C)=O)C1C(=O)c3cc4c(cc3C1N(CCCN1CCOCC1)C2=O)OCO4. The molecule has 4 aliphatic heterocycles. The van der Waals surface area contributed by atoms with E-state index in [-0.39, 0.29) is 35.5 Å². The lowest BCUT2D eigenvalue weighted by Crippen LogP contribution is -2.62. The molecule has 0 N–H and O–H groups in total. The summed E-state index contributed by atoms with van der Waals surface area (Å²) < 4.78 is 51.5. The summed E-state index contributed by atoms with van der Waals surface area (Å²) in [5.74, 6) is -2.27. The highest BCUT2D eigenvalue weighted by atomic mass is 16.7. The van der Waals surface area contributed by atoms with E-state index in [0.717, 1.165) is 26.6 Å². The summed E-state index contributed by atoms with van der Waals surface area (Å²) in [5.41, 5.74) is 1.77. The van der Waals surface area contributed by atoms with Gasteiger partial charge in [-0.15, -0.1) is 0 Å². The van der Waals surface area contributed by atoms with Gasteiger partial charge in [-0.25, -0.2) is 0 Å². The minimum atomic E-state index is -1.41. The van der Waals surface area contributed by atoms with Crippen molar-refractivity contribution in [2.75, 3.05) is 53.3 Å². The molecule has 0 bridgehead atoms. The second kappa shape index (κ2) is 14.8. The maximum Gasteiger partial charge on any atom is 0.303 e. The van der Waals surface area contributed by atoms with Crippen molar-refractivity contribution in [1.82, 2.24) is 9.80 Å². The summed E-state index contributed by atoms with van der Waals surface area (Å²) in [6, 6.07) is 5.90. The number of fused-ring (bicyclic) bond motifs is 6. The van der Waals surface area contributed by atoms with Crippen LogP contribution in [-0.4, -0.2) is 123 Å². The molecule has 1 aliphatic carbocycles. The van der Waals surface area contributed by atoms with Gasteiger partial charge in [0.15, 0.2) is 41.0 Å². The molecule has 2 saturated heterocycles. The predicted molar refractivity (Wildman–Crippen MR) is 180 cm³/mol. The Morgan fingerprint density at radius 1 is 0.792 bits per heavy atom. The van der Waals surface area contributed by atoms with Crippen LogP contribution in [0.15, 0.2) is 24.3 Å². The van der Waals surface area contributed by atoms with Crippen LogP contribution in [0.4, 0.5) is 0 Å². The van der Waals surface area contributed by atoms with Crippen LogP contribution in [-0.2, 0) is 38.1 Å². The lowest BCUT2D eigenvalue weighted by molar-refractivity contribution is -0.280. The molecule has 2 unspecified atom stereocenters. The van der Waals surface area contributed by atoms with Crippen molar-refractivity contribution < 1.29 is 66.6 Å². The van der Waals surface area contributed by atoms with Crippen molar-refractivity contribution in [2.45, 2.75) is 76.8 Å². The number of methoxy groups -OCH3 is 1. The predicted octanol–water partition coefficient (Wildman–Crippen LogP) is 2.54. The zero-order valence-electron chi connectivity index (χ0n) is 30.1. The van der Waals surface area contributed by atoms with Crippen LogP contribution in [0.3, 0.4) is 0 Å². The Labute approximate surface area is 305 Å². The Hall–Kier alpha value is -4.93. The van der Waals surface area contributed by atoms with Crippen LogP contribution >= 0.6 is 0 Å². The van der Waals surface area contributed by atoms with E-state index in [4.69, 9.17) is 42.6 Å². The monoisotopic (exact) mass is 738 g/mol. The molecule has 2 aromatic rings. The number of amides is 1. The molecule has 2 aromatic carbocycles. The van der Waals surface area contributed by atoms with E-state index >= 15 is 0 Å². The third kappa shape index (κ3) is 6.98. The molecule has 0 spiro atoms. The molecular weight excluding hydrogens is 696 g/mol. The fourth-order valence-corrected chi connectivity index (χ4v) is 7.84. The molecule has 16 heteroatoms. The summed E-state index contributed by atoms with van der Waals surface area (Å²) in [6.45, 7) is 9.20. The number of Topliss-reactive ketones (excluding diaryl/α,β-unsaturated/α-hetero) is 1. The maximum absolute atomic E-state index is 14.5. The van der Waals surface area contributed by atoms with Gasteiger partial charge >= 0.3 is 17.9 Å². The Morgan fingerprint density at radius 2 is 1.45 bits per heavy atom. The molecule has 7 atom stereocenters. The van der Waals surface area contributed by atoms with E-state index in [1.807, 2.05) is 0 Å². The van der Waals surface area contributed by atoms with Gasteiger partial charge in [-0.05, 0) is 48.7 Å². The van der Waals surface area contributed by atoms with Gasteiger partial charge < -0.3 is 47.5 Å². The van der Waals surface area contributed by atoms with Gasteiger partial charge in [-0.3, -0.25) is 28.9 Å². The molecule has 0 saturated carbocycles. The summed E-state index contributed by atoms with van der Waals surface area (Å²) in [5, 5.41) is 0. The normalized spacial score (nSPS) is 27.3. The third-order valence-electron chi connectivity index (χ3n) is 10.1. The largest absolute Gasteiger partial charge is 0.493 e. The first-order valence-corrected chi connectivity index (χ1v) is 17.6. The third-order valence-corrected chi connectivity index (χ3v) is 10.1. The number of carbonyl (C=O) groups excluding carboxylic acids is 5. The Morgan fingerprint density at radius 3 is 2.13 bits per heavy atom. The molecule has 1 amide bonds. The summed E-state index contributed by atoms with van der Waals surface area (Å²) >= 11 is 0. The molecule has 7 rings (SSSR count). The number of ketones is 1. The smallest absolute Gasteiger partial charge is 0.303 e. The van der Waals surface area contributed by atoms with Crippen LogP contribution in [0.2, 0.25) is 0 Å². The maximum atomic E-state index is 14.5. The molecule has 5 aliphatic rings. The first-order valence-electron chi connectivity index (χ1n) is 17.6. The van der Waals surface area contributed by atoms with Crippen LogP contribution in [0.5, 0.6) is 23.0 Å². The summed E-state index contributed by atoms with van der Waals surface area (Å²) in [6.07, 6.45) is -5.46. The number of carbonyl (C=O) groups is 5. The van der Waals surface area contributed by atoms with Crippen LogP contribution in [0.25, 0.3) is 0 Å². The van der Waals surface area contributed by atoms with Gasteiger partial charge in [-0.2, -0.15) is 0 Å². The van der Waals surface area contributed by atoms with Crippen molar-refractivity contribution in [3.8, 4) is 23.0 Å². The van der Waals surface area contributed by atoms with Crippen LogP contribution in [0.1, 0.15) is 77.9 Å². The highest BCUT2D eigenvalue weighted by molar-refractivity contribution is 6.11. The highest BCUT2D eigenvalue weighted by Crippen LogP contribution is 2.54. The van der Waals surface area contributed by atoms with Crippen molar-refractivity contribution in [3.05, 3.63) is 46.5 Å². The van der Waals surface area contributed by atoms with Crippen molar-refractivity contribution >= 4 is 29.6 Å². The number of nitrogens with zero attached hydrogens (tertiary/aromatic N) is 2. The second-order valence-electron chi connectivity index (χ2n) is 13.5. The number of esters is 3. The Kier molecular flexibility index (Phi) is 10.2. The highest BCUT2D eigenvalue weighted by Gasteiger charge is 2.53. The molecule has 0 aromatic heterocycles. The average molecular weight is 739 g/mol. The molecule has 2 fully saturated rings. The first kappa shape index (κ1) is 36.4. The van der Waals surface area contributed by atoms with Crippen LogP contribution < -0.4 is 18.9 Å².